The van der Waals surface area contributed by atoms with Gasteiger partial charge in [0.2, 0.25) is 0 Å². The van der Waals surface area contributed by atoms with Gasteiger partial charge in [-0.05, 0) is 36.2 Å². The predicted molar refractivity (Wildman–Crippen MR) is 78.4 cm³/mol. The molecule has 0 spiro atoms. The Labute approximate surface area is 118 Å². The molecule has 2 aromatic rings. The number of Topliss-reactive ketones (excluding diaryl/α,β-unsaturated/α-hetero) is 1. The zero-order valence-electron chi connectivity index (χ0n) is 11.5. The summed E-state index contributed by atoms with van der Waals surface area (Å²) >= 11 is 0. The van der Waals surface area contributed by atoms with E-state index >= 15 is 0 Å². The fourth-order valence-electron chi connectivity index (χ4n) is 1.96. The third kappa shape index (κ3) is 3.45. The Hall–Kier alpha value is -2.13. The second-order valence-corrected chi connectivity index (χ2v) is 4.49. The highest BCUT2D eigenvalue weighted by Crippen LogP contribution is 2.26. The SMILES string of the molecule is CCC(=O)c1ccccc1Oc1ccc(CCO)cc1. The minimum Gasteiger partial charge on any atom is -0.457 e. The predicted octanol–water partition coefficient (Wildman–Crippen LogP) is 3.61. The summed E-state index contributed by atoms with van der Waals surface area (Å²) in [6.45, 7) is 1.97. The normalized spacial score (nSPS) is 10.3. The van der Waals surface area contributed by atoms with Gasteiger partial charge in [-0.25, -0.2) is 0 Å². The maximum absolute atomic E-state index is 11.9. The molecule has 0 saturated heterocycles. The van der Waals surface area contributed by atoms with Crippen LogP contribution < -0.4 is 4.74 Å². The number of hydrogen-bond acceptors (Lipinski definition) is 3. The maximum Gasteiger partial charge on any atom is 0.166 e. The number of ketones is 1. The van der Waals surface area contributed by atoms with Crippen LogP contribution in [0.15, 0.2) is 48.5 Å². The van der Waals surface area contributed by atoms with Crippen molar-refractivity contribution in [3.8, 4) is 11.5 Å². The zero-order chi connectivity index (χ0) is 14.4. The second-order valence-electron chi connectivity index (χ2n) is 4.49. The highest BCUT2D eigenvalue weighted by Gasteiger charge is 2.10. The minimum atomic E-state index is 0.0671. The van der Waals surface area contributed by atoms with Crippen molar-refractivity contribution >= 4 is 5.78 Å². The number of carbonyl (C=O) groups excluding carboxylic acids is 1. The number of carbonyl (C=O) groups is 1. The summed E-state index contributed by atoms with van der Waals surface area (Å²) < 4.78 is 5.78. The molecular weight excluding hydrogens is 252 g/mol. The Balaban J connectivity index is 2.19. The molecule has 3 nitrogen and oxygen atoms in total. The van der Waals surface area contributed by atoms with Crippen molar-refractivity contribution in [1.29, 1.82) is 0 Å². The van der Waals surface area contributed by atoms with Crippen LogP contribution in [0.1, 0.15) is 29.3 Å². The van der Waals surface area contributed by atoms with Crippen molar-refractivity contribution in [1.82, 2.24) is 0 Å². The van der Waals surface area contributed by atoms with E-state index in [1.807, 2.05) is 43.3 Å². The van der Waals surface area contributed by atoms with Gasteiger partial charge in [0.25, 0.3) is 0 Å². The fourth-order valence-corrected chi connectivity index (χ4v) is 1.96. The molecule has 0 aliphatic rings. The summed E-state index contributed by atoms with van der Waals surface area (Å²) in [7, 11) is 0. The molecule has 0 heterocycles. The number of aliphatic hydroxyl groups excluding tert-OH is 1. The van der Waals surface area contributed by atoms with E-state index in [-0.39, 0.29) is 12.4 Å². The topological polar surface area (TPSA) is 46.5 Å². The summed E-state index contributed by atoms with van der Waals surface area (Å²) in [5.74, 6) is 1.33. The van der Waals surface area contributed by atoms with Crippen molar-refractivity contribution in [2.75, 3.05) is 6.61 Å². The molecular formula is C17H18O3. The lowest BCUT2D eigenvalue weighted by molar-refractivity contribution is 0.0986. The Morgan fingerprint density at radius 2 is 1.80 bits per heavy atom. The van der Waals surface area contributed by atoms with Gasteiger partial charge in [-0.15, -0.1) is 0 Å². The highest BCUT2D eigenvalue weighted by molar-refractivity contribution is 5.98. The first-order valence-corrected chi connectivity index (χ1v) is 6.74. The monoisotopic (exact) mass is 270 g/mol. The van der Waals surface area contributed by atoms with E-state index in [9.17, 15) is 4.79 Å². The van der Waals surface area contributed by atoms with Gasteiger partial charge in [-0.2, -0.15) is 0 Å². The molecule has 20 heavy (non-hydrogen) atoms. The molecule has 0 atom stereocenters. The van der Waals surface area contributed by atoms with Gasteiger partial charge in [-0.3, -0.25) is 4.79 Å². The van der Waals surface area contributed by atoms with E-state index in [2.05, 4.69) is 0 Å². The van der Waals surface area contributed by atoms with Gasteiger partial charge in [0.05, 0.1) is 5.56 Å². The number of benzene rings is 2. The van der Waals surface area contributed by atoms with Gasteiger partial charge in [0.15, 0.2) is 5.78 Å². The molecule has 2 rings (SSSR count). The second kappa shape index (κ2) is 6.87. The van der Waals surface area contributed by atoms with E-state index in [1.54, 1.807) is 12.1 Å². The van der Waals surface area contributed by atoms with E-state index in [4.69, 9.17) is 9.84 Å². The first kappa shape index (κ1) is 14.3. The van der Waals surface area contributed by atoms with Crippen molar-refractivity contribution in [2.45, 2.75) is 19.8 Å². The number of hydrogen-bond donors (Lipinski definition) is 1. The molecule has 0 saturated carbocycles. The molecule has 0 unspecified atom stereocenters. The standard InChI is InChI=1S/C17H18O3/c1-2-16(19)15-5-3-4-6-17(15)20-14-9-7-13(8-10-14)11-12-18/h3-10,18H,2,11-12H2,1H3. The van der Waals surface area contributed by atoms with E-state index in [1.165, 1.54) is 0 Å². The number of rotatable bonds is 6. The Bertz CT molecular complexity index is 573. The maximum atomic E-state index is 11.9. The van der Waals surface area contributed by atoms with Crippen LogP contribution in [-0.4, -0.2) is 17.5 Å². The Kier molecular flexibility index (Phi) is 4.91. The van der Waals surface area contributed by atoms with E-state index < -0.39 is 0 Å². The van der Waals surface area contributed by atoms with Crippen molar-refractivity contribution < 1.29 is 14.6 Å². The number of ether oxygens (including phenoxy) is 1. The summed E-state index contributed by atoms with van der Waals surface area (Å²) in [6, 6.07) is 14.8. The molecule has 0 aliphatic heterocycles. The van der Waals surface area contributed by atoms with Crippen LogP contribution in [0.5, 0.6) is 11.5 Å². The minimum absolute atomic E-state index is 0.0671. The van der Waals surface area contributed by atoms with Crippen LogP contribution in [0.4, 0.5) is 0 Å². The first-order chi connectivity index (χ1) is 9.74. The van der Waals surface area contributed by atoms with Gasteiger partial charge in [-0.1, -0.05) is 31.2 Å². The quantitative estimate of drug-likeness (QED) is 0.816. The van der Waals surface area contributed by atoms with Gasteiger partial charge >= 0.3 is 0 Å². The van der Waals surface area contributed by atoms with Crippen LogP contribution in [0.3, 0.4) is 0 Å². The fraction of sp³-hybridized carbons (Fsp3) is 0.235. The molecule has 2 aromatic carbocycles. The average Bonchev–Trinajstić information content (AvgIpc) is 2.49. The first-order valence-electron chi connectivity index (χ1n) is 6.74. The van der Waals surface area contributed by atoms with Crippen molar-refractivity contribution in [3.05, 3.63) is 59.7 Å². The van der Waals surface area contributed by atoms with Crippen LogP contribution in [0.2, 0.25) is 0 Å². The van der Waals surface area contributed by atoms with E-state index in [0.29, 0.717) is 29.9 Å². The molecule has 104 valence electrons. The molecule has 0 aromatic heterocycles. The van der Waals surface area contributed by atoms with Crippen LogP contribution >= 0.6 is 0 Å². The van der Waals surface area contributed by atoms with E-state index in [0.717, 1.165) is 5.56 Å². The highest BCUT2D eigenvalue weighted by atomic mass is 16.5. The molecule has 0 amide bonds. The zero-order valence-corrected chi connectivity index (χ0v) is 11.5. The lowest BCUT2D eigenvalue weighted by Gasteiger charge is -2.10. The average molecular weight is 270 g/mol. The smallest absolute Gasteiger partial charge is 0.166 e. The molecule has 3 heteroatoms. The lowest BCUT2D eigenvalue weighted by Crippen LogP contribution is -1.99. The molecule has 0 bridgehead atoms. The molecule has 0 aliphatic carbocycles. The summed E-state index contributed by atoms with van der Waals surface area (Å²) in [5, 5.41) is 8.88. The Morgan fingerprint density at radius 1 is 1.10 bits per heavy atom. The van der Waals surface area contributed by atoms with Crippen LogP contribution in [-0.2, 0) is 6.42 Å². The summed E-state index contributed by atoms with van der Waals surface area (Å²) in [6.07, 6.45) is 1.08. The number of aliphatic hydroxyl groups is 1. The largest absolute Gasteiger partial charge is 0.457 e. The summed E-state index contributed by atoms with van der Waals surface area (Å²) in [5.41, 5.74) is 1.66. The van der Waals surface area contributed by atoms with Gasteiger partial charge < -0.3 is 9.84 Å². The van der Waals surface area contributed by atoms with Crippen molar-refractivity contribution in [2.24, 2.45) is 0 Å². The summed E-state index contributed by atoms with van der Waals surface area (Å²) in [4.78, 5) is 11.9. The van der Waals surface area contributed by atoms with Gasteiger partial charge in [0, 0.05) is 13.0 Å². The van der Waals surface area contributed by atoms with Gasteiger partial charge in [0.1, 0.15) is 11.5 Å². The molecule has 0 fully saturated rings. The third-order valence-corrected chi connectivity index (χ3v) is 3.06. The molecule has 1 N–H and O–H groups in total. The Morgan fingerprint density at radius 3 is 2.45 bits per heavy atom. The third-order valence-electron chi connectivity index (χ3n) is 3.06. The van der Waals surface area contributed by atoms with Crippen LogP contribution in [0.25, 0.3) is 0 Å². The van der Waals surface area contributed by atoms with Crippen molar-refractivity contribution in [3.63, 3.8) is 0 Å². The van der Waals surface area contributed by atoms with Crippen LogP contribution in [0, 0.1) is 0 Å². The molecule has 0 radical (unpaired) electrons. The lowest BCUT2D eigenvalue weighted by atomic mass is 10.1. The number of para-hydroxylation sites is 1.